The average Bonchev–Trinajstić information content (AvgIpc) is 2.37. The molecule has 0 radical (unpaired) electrons. The zero-order chi connectivity index (χ0) is 13.4. The van der Waals surface area contributed by atoms with Crippen molar-refractivity contribution < 1.29 is 19.8 Å². The Labute approximate surface area is 110 Å². The summed E-state index contributed by atoms with van der Waals surface area (Å²) in [5.41, 5.74) is 0. The number of aliphatic carboxylic acids is 1. The summed E-state index contributed by atoms with van der Waals surface area (Å²) in [6.07, 6.45) is -1.56. The molecule has 0 aliphatic carbocycles. The molecule has 1 rings (SSSR count). The summed E-state index contributed by atoms with van der Waals surface area (Å²) >= 11 is 1.93. The highest BCUT2D eigenvalue weighted by atomic mass is 32.2. The van der Waals surface area contributed by atoms with Crippen LogP contribution in [0.1, 0.15) is 0 Å². The lowest BCUT2D eigenvalue weighted by molar-refractivity contribution is -0.146. The normalized spacial score (nSPS) is 18.1. The zero-order valence-corrected chi connectivity index (χ0v) is 10.9. The van der Waals surface area contributed by atoms with E-state index in [0.29, 0.717) is 6.54 Å². The van der Waals surface area contributed by atoms with Gasteiger partial charge in [0.15, 0.2) is 6.10 Å². The number of urea groups is 1. The summed E-state index contributed by atoms with van der Waals surface area (Å²) in [5.74, 6) is 0.898. The smallest absolute Gasteiger partial charge is 0.334 e. The minimum atomic E-state index is -1.56. The predicted molar refractivity (Wildman–Crippen MR) is 68.8 cm³/mol. The van der Waals surface area contributed by atoms with Gasteiger partial charge in [0.1, 0.15) is 0 Å². The molecule has 0 bridgehead atoms. The van der Waals surface area contributed by atoms with E-state index in [9.17, 15) is 9.59 Å². The highest BCUT2D eigenvalue weighted by molar-refractivity contribution is 7.99. The van der Waals surface area contributed by atoms with Crippen LogP contribution in [0, 0.1) is 0 Å². The average molecular weight is 277 g/mol. The van der Waals surface area contributed by atoms with Crippen molar-refractivity contribution in [2.75, 3.05) is 44.2 Å². The number of aliphatic hydroxyl groups excluding tert-OH is 1. The molecule has 1 atom stereocenters. The molecule has 0 aromatic rings. The number of nitrogens with zero attached hydrogens (tertiary/aromatic N) is 1. The van der Waals surface area contributed by atoms with Crippen LogP contribution in [0.2, 0.25) is 0 Å². The Kier molecular flexibility index (Phi) is 6.84. The fraction of sp³-hybridized carbons (Fsp3) is 0.800. The van der Waals surface area contributed by atoms with E-state index in [1.807, 2.05) is 11.8 Å². The molecule has 0 aromatic carbocycles. The lowest BCUT2D eigenvalue weighted by atomic mass is 10.4. The first-order valence-electron chi connectivity index (χ1n) is 5.82. The van der Waals surface area contributed by atoms with Crippen LogP contribution in [-0.4, -0.2) is 77.4 Å². The summed E-state index contributed by atoms with van der Waals surface area (Å²) in [6, 6.07) is -0.457. The molecule has 1 fully saturated rings. The number of amides is 2. The number of hydrogen-bond acceptors (Lipinski definition) is 5. The Morgan fingerprint density at radius 1 is 1.28 bits per heavy atom. The van der Waals surface area contributed by atoms with E-state index in [1.54, 1.807) is 0 Å². The summed E-state index contributed by atoms with van der Waals surface area (Å²) in [5, 5.41) is 22.3. The maximum Gasteiger partial charge on any atom is 0.334 e. The molecule has 1 heterocycles. The zero-order valence-electron chi connectivity index (χ0n) is 10.1. The van der Waals surface area contributed by atoms with E-state index >= 15 is 0 Å². The van der Waals surface area contributed by atoms with Crippen LogP contribution in [0.5, 0.6) is 0 Å². The number of carbonyl (C=O) groups is 2. The number of hydrogen-bond donors (Lipinski definition) is 4. The van der Waals surface area contributed by atoms with Crippen molar-refractivity contribution in [2.45, 2.75) is 6.10 Å². The molecule has 0 spiro atoms. The van der Waals surface area contributed by atoms with E-state index in [0.717, 1.165) is 31.1 Å². The monoisotopic (exact) mass is 277 g/mol. The second kappa shape index (κ2) is 8.17. The first-order valence-corrected chi connectivity index (χ1v) is 6.97. The van der Waals surface area contributed by atoms with E-state index in [1.165, 1.54) is 0 Å². The van der Waals surface area contributed by atoms with E-state index in [-0.39, 0.29) is 6.54 Å². The lowest BCUT2D eigenvalue weighted by Crippen LogP contribution is -2.45. The molecule has 1 aliphatic heterocycles. The molecule has 2 amide bonds. The van der Waals surface area contributed by atoms with Gasteiger partial charge in [-0.05, 0) is 0 Å². The molecule has 1 saturated heterocycles. The van der Waals surface area contributed by atoms with Crippen molar-refractivity contribution in [2.24, 2.45) is 0 Å². The molecule has 18 heavy (non-hydrogen) atoms. The number of carboxylic acids is 1. The Hall–Kier alpha value is -0.990. The maximum atomic E-state index is 11.3. The van der Waals surface area contributed by atoms with Crippen LogP contribution in [0.25, 0.3) is 0 Å². The van der Waals surface area contributed by atoms with Gasteiger partial charge in [-0.3, -0.25) is 4.90 Å². The fourth-order valence-electron chi connectivity index (χ4n) is 1.49. The van der Waals surface area contributed by atoms with Gasteiger partial charge in [-0.2, -0.15) is 11.8 Å². The number of aliphatic hydroxyl groups is 1. The van der Waals surface area contributed by atoms with Crippen molar-refractivity contribution in [1.82, 2.24) is 15.5 Å². The van der Waals surface area contributed by atoms with E-state index < -0.39 is 18.1 Å². The van der Waals surface area contributed by atoms with Crippen molar-refractivity contribution in [1.29, 1.82) is 0 Å². The van der Waals surface area contributed by atoms with Gasteiger partial charge in [0.2, 0.25) is 0 Å². The predicted octanol–water partition coefficient (Wildman–Crippen LogP) is -1.22. The van der Waals surface area contributed by atoms with E-state index in [4.69, 9.17) is 10.2 Å². The van der Waals surface area contributed by atoms with Gasteiger partial charge < -0.3 is 20.8 Å². The van der Waals surface area contributed by atoms with Crippen LogP contribution in [0.15, 0.2) is 0 Å². The van der Waals surface area contributed by atoms with Gasteiger partial charge in [-0.1, -0.05) is 0 Å². The number of thioether (sulfide) groups is 1. The number of nitrogens with one attached hydrogen (secondary N) is 2. The number of carboxylic acid groups (broad SMARTS) is 1. The highest BCUT2D eigenvalue weighted by Crippen LogP contribution is 2.07. The SMILES string of the molecule is O=C(NCCN1CCSCC1)NCC(O)C(=O)O. The van der Waals surface area contributed by atoms with Crippen molar-refractivity contribution in [3.8, 4) is 0 Å². The minimum Gasteiger partial charge on any atom is -0.479 e. The Morgan fingerprint density at radius 2 is 1.94 bits per heavy atom. The topological polar surface area (TPSA) is 102 Å². The summed E-state index contributed by atoms with van der Waals surface area (Å²) < 4.78 is 0. The van der Waals surface area contributed by atoms with Crippen LogP contribution < -0.4 is 10.6 Å². The molecule has 8 heteroatoms. The number of rotatable bonds is 6. The third-order valence-corrected chi connectivity index (χ3v) is 3.50. The van der Waals surface area contributed by atoms with Gasteiger partial charge in [-0.25, -0.2) is 9.59 Å². The molecular weight excluding hydrogens is 258 g/mol. The van der Waals surface area contributed by atoms with Gasteiger partial charge in [0.25, 0.3) is 0 Å². The molecule has 4 N–H and O–H groups in total. The fourth-order valence-corrected chi connectivity index (χ4v) is 2.47. The number of carbonyl (C=O) groups excluding carboxylic acids is 1. The molecule has 0 saturated carbocycles. The first-order chi connectivity index (χ1) is 8.59. The minimum absolute atomic E-state index is 0.290. The second-order valence-corrected chi connectivity index (χ2v) is 5.17. The molecule has 1 unspecified atom stereocenters. The van der Waals surface area contributed by atoms with Crippen LogP contribution in [0.3, 0.4) is 0 Å². The van der Waals surface area contributed by atoms with Crippen LogP contribution in [-0.2, 0) is 4.79 Å². The van der Waals surface area contributed by atoms with Crippen molar-refractivity contribution in [3.63, 3.8) is 0 Å². The lowest BCUT2D eigenvalue weighted by Gasteiger charge is -2.26. The molecule has 7 nitrogen and oxygen atoms in total. The van der Waals surface area contributed by atoms with Crippen molar-refractivity contribution >= 4 is 23.8 Å². The quantitative estimate of drug-likeness (QED) is 0.485. The Bertz CT molecular complexity index is 284. The third kappa shape index (κ3) is 6.08. The van der Waals surface area contributed by atoms with Gasteiger partial charge in [-0.15, -0.1) is 0 Å². The maximum absolute atomic E-state index is 11.3. The van der Waals surface area contributed by atoms with Crippen molar-refractivity contribution in [3.05, 3.63) is 0 Å². The highest BCUT2D eigenvalue weighted by Gasteiger charge is 2.14. The van der Waals surface area contributed by atoms with E-state index in [2.05, 4.69) is 15.5 Å². The summed E-state index contributed by atoms with van der Waals surface area (Å²) in [7, 11) is 0. The van der Waals surface area contributed by atoms with Gasteiger partial charge in [0, 0.05) is 37.7 Å². The molecule has 1 aliphatic rings. The first kappa shape index (κ1) is 15.1. The Morgan fingerprint density at radius 3 is 2.56 bits per heavy atom. The summed E-state index contributed by atoms with van der Waals surface area (Å²) in [4.78, 5) is 23.8. The third-order valence-electron chi connectivity index (χ3n) is 2.56. The second-order valence-electron chi connectivity index (χ2n) is 3.94. The van der Waals surface area contributed by atoms with Crippen LogP contribution >= 0.6 is 11.8 Å². The molecule has 0 aromatic heterocycles. The standard InChI is InChI=1S/C10H19N3O4S/c14-8(9(15)16)7-12-10(17)11-1-2-13-3-5-18-6-4-13/h8,14H,1-7H2,(H,15,16)(H2,11,12,17). The summed E-state index contributed by atoms with van der Waals surface area (Å²) in [6.45, 7) is 3.08. The Balaban J connectivity index is 2.04. The van der Waals surface area contributed by atoms with Gasteiger partial charge >= 0.3 is 12.0 Å². The molecule has 104 valence electrons. The molecular formula is C10H19N3O4S. The van der Waals surface area contributed by atoms with Crippen LogP contribution in [0.4, 0.5) is 4.79 Å². The largest absolute Gasteiger partial charge is 0.479 e. The van der Waals surface area contributed by atoms with Gasteiger partial charge in [0.05, 0.1) is 6.54 Å².